The topological polar surface area (TPSA) is 38.0 Å². The highest BCUT2D eigenvalue weighted by atomic mass is 15.1. The van der Waals surface area contributed by atoms with Crippen molar-refractivity contribution in [3.8, 4) is 17.4 Å². The molecule has 2 heterocycles. The van der Waals surface area contributed by atoms with Gasteiger partial charge in [0.2, 0.25) is 0 Å². The predicted octanol–water partition coefficient (Wildman–Crippen LogP) is 12.9. The van der Waals surface area contributed by atoms with Crippen molar-refractivity contribution in [1.29, 1.82) is 5.26 Å². The molecule has 0 unspecified atom stereocenters. The minimum atomic E-state index is 0.419. The number of rotatable bonds is 2. The van der Waals surface area contributed by atoms with Crippen molar-refractivity contribution in [3.63, 3.8) is 0 Å². The Hall–Kier alpha value is -7.40. The second-order valence-electron chi connectivity index (χ2n) is 13.4. The number of nitriles is 1. The van der Waals surface area contributed by atoms with Crippen molar-refractivity contribution < 1.29 is 0 Å². The van der Waals surface area contributed by atoms with Crippen LogP contribution in [0.5, 0.6) is 0 Å². The maximum atomic E-state index is 11.1. The fourth-order valence-corrected chi connectivity index (χ4v) is 8.90. The molecular weight excluding hydrogens is 633 g/mol. The Balaban J connectivity index is 1.44. The molecule has 0 aliphatic heterocycles. The molecule has 0 spiro atoms. The van der Waals surface area contributed by atoms with Crippen LogP contribution in [0.1, 0.15) is 5.56 Å². The van der Waals surface area contributed by atoms with Crippen LogP contribution < -0.4 is 0 Å². The van der Waals surface area contributed by atoms with E-state index in [1.165, 1.54) is 21.5 Å². The maximum absolute atomic E-state index is 11.1. The summed E-state index contributed by atoms with van der Waals surface area (Å²) in [6, 6.07) is 57.7. The lowest BCUT2D eigenvalue weighted by Crippen LogP contribution is -2.06. The normalized spacial score (nSPS) is 11.8. The zero-order chi connectivity index (χ0) is 34.5. The summed E-state index contributed by atoms with van der Waals surface area (Å²) < 4.78 is 4.61. The third-order valence-corrected chi connectivity index (χ3v) is 10.9. The summed E-state index contributed by atoms with van der Waals surface area (Å²) >= 11 is 0. The minimum absolute atomic E-state index is 0.419. The van der Waals surface area contributed by atoms with E-state index in [1.807, 2.05) is 6.07 Å². The quantitative estimate of drug-likeness (QED) is 0.135. The van der Waals surface area contributed by atoms with Crippen LogP contribution in [0.15, 0.2) is 158 Å². The Morgan fingerprint density at radius 2 is 0.827 bits per heavy atom. The average molecular weight is 659 g/mol. The summed E-state index contributed by atoms with van der Waals surface area (Å²) in [5.41, 5.74) is 6.52. The average Bonchev–Trinajstić information content (AvgIpc) is 3.75. The molecule has 11 aromatic rings. The molecule has 4 heteroatoms. The summed E-state index contributed by atoms with van der Waals surface area (Å²) in [5, 5.41) is 24.8. The molecule has 0 aliphatic rings. The highest BCUT2D eigenvalue weighted by molar-refractivity contribution is 6.34. The van der Waals surface area contributed by atoms with E-state index in [4.69, 9.17) is 6.57 Å². The smallest absolute Gasteiger partial charge is 0.190 e. The van der Waals surface area contributed by atoms with E-state index in [2.05, 4.69) is 166 Å². The summed E-state index contributed by atoms with van der Waals surface area (Å²) in [6.07, 6.45) is 0. The summed E-state index contributed by atoms with van der Waals surface area (Å²) in [6.45, 7) is 8.21. The van der Waals surface area contributed by atoms with Gasteiger partial charge in [0.25, 0.3) is 0 Å². The lowest BCUT2D eigenvalue weighted by atomic mass is 9.96. The van der Waals surface area contributed by atoms with Crippen molar-refractivity contribution in [1.82, 2.24) is 9.13 Å². The van der Waals surface area contributed by atoms with Gasteiger partial charge >= 0.3 is 0 Å². The molecule has 0 saturated carbocycles. The second-order valence-corrected chi connectivity index (χ2v) is 13.4. The Morgan fingerprint density at radius 3 is 1.31 bits per heavy atom. The maximum Gasteiger partial charge on any atom is 0.190 e. The SMILES string of the molecule is [C-]#[N+]c1cc(C#N)c(-n2c3ccccc3c3c4ccccc4c4ccccc4c32)c(-n2c3ccccc3c3c4ccccc4c4ccccc4c32)c1. The fourth-order valence-electron chi connectivity index (χ4n) is 8.90. The first-order chi connectivity index (χ1) is 25.8. The van der Waals surface area contributed by atoms with E-state index in [0.29, 0.717) is 11.3 Å². The van der Waals surface area contributed by atoms with Crippen molar-refractivity contribution in [2.75, 3.05) is 0 Å². The largest absolute Gasteiger partial charge is 0.308 e. The first kappa shape index (κ1) is 28.4. The highest BCUT2D eigenvalue weighted by Gasteiger charge is 2.26. The standard InChI is InChI=1S/C48H26N4/c1-50-30-26-29(28-49)46(52-42-25-13-11-23-40(42)45-36-19-7-3-15-32(36)34-17-5-9-21-38(34)48(45)52)43(27-30)51-41-24-12-10-22-39(41)44-35-18-6-2-14-31(35)33-16-4-8-20-37(33)47(44)51/h2-27H. The van der Waals surface area contributed by atoms with Gasteiger partial charge < -0.3 is 9.13 Å². The molecule has 0 radical (unpaired) electrons. The van der Waals surface area contributed by atoms with E-state index in [-0.39, 0.29) is 0 Å². The molecular formula is C48H26N4. The highest BCUT2D eigenvalue weighted by Crippen LogP contribution is 2.47. The number of fused-ring (bicyclic) bond motifs is 16. The zero-order valence-electron chi connectivity index (χ0n) is 27.8. The van der Waals surface area contributed by atoms with E-state index in [1.54, 1.807) is 6.07 Å². The summed E-state index contributed by atoms with van der Waals surface area (Å²) in [7, 11) is 0. The molecule has 9 aromatic carbocycles. The van der Waals surface area contributed by atoms with Gasteiger partial charge in [-0.05, 0) is 56.6 Å². The summed E-state index contributed by atoms with van der Waals surface area (Å²) in [4.78, 5) is 3.94. The minimum Gasteiger partial charge on any atom is -0.308 e. The third kappa shape index (κ3) is 3.63. The van der Waals surface area contributed by atoms with E-state index in [9.17, 15) is 5.26 Å². The van der Waals surface area contributed by atoms with Gasteiger partial charge in [0.05, 0.1) is 45.6 Å². The molecule has 238 valence electrons. The van der Waals surface area contributed by atoms with Crippen molar-refractivity contribution >= 4 is 92.4 Å². The van der Waals surface area contributed by atoms with Crippen LogP contribution in [-0.4, -0.2) is 9.13 Å². The molecule has 0 N–H and O–H groups in total. The Morgan fingerprint density at radius 1 is 0.442 bits per heavy atom. The molecule has 0 amide bonds. The van der Waals surface area contributed by atoms with Gasteiger partial charge in [-0.2, -0.15) is 5.26 Å². The molecule has 0 saturated heterocycles. The third-order valence-electron chi connectivity index (χ3n) is 10.9. The number of hydrogen-bond acceptors (Lipinski definition) is 1. The van der Waals surface area contributed by atoms with Gasteiger partial charge in [0, 0.05) is 32.3 Å². The number of nitrogens with zero attached hydrogens (tertiary/aromatic N) is 4. The van der Waals surface area contributed by atoms with Crippen LogP contribution >= 0.6 is 0 Å². The molecule has 11 rings (SSSR count). The Bertz CT molecular complexity index is 3440. The fraction of sp³-hybridized carbons (Fsp3) is 0. The molecule has 0 bridgehead atoms. The van der Waals surface area contributed by atoms with Crippen LogP contribution in [0.4, 0.5) is 5.69 Å². The first-order valence-electron chi connectivity index (χ1n) is 17.4. The van der Waals surface area contributed by atoms with E-state index in [0.717, 1.165) is 76.5 Å². The van der Waals surface area contributed by atoms with Crippen molar-refractivity contribution in [3.05, 3.63) is 175 Å². The molecule has 4 nitrogen and oxygen atoms in total. The van der Waals surface area contributed by atoms with Crippen LogP contribution in [0.3, 0.4) is 0 Å². The zero-order valence-corrected chi connectivity index (χ0v) is 27.8. The van der Waals surface area contributed by atoms with Gasteiger partial charge in [0.1, 0.15) is 6.07 Å². The van der Waals surface area contributed by atoms with Gasteiger partial charge in [-0.25, -0.2) is 4.85 Å². The number of hydrogen-bond donors (Lipinski definition) is 0. The number of aromatic nitrogens is 2. The van der Waals surface area contributed by atoms with Gasteiger partial charge in [-0.3, -0.25) is 0 Å². The van der Waals surface area contributed by atoms with E-state index >= 15 is 0 Å². The van der Waals surface area contributed by atoms with Crippen molar-refractivity contribution in [2.45, 2.75) is 0 Å². The monoisotopic (exact) mass is 658 g/mol. The van der Waals surface area contributed by atoms with Crippen LogP contribution in [0.25, 0.3) is 103 Å². The summed E-state index contributed by atoms with van der Waals surface area (Å²) in [5.74, 6) is 0. The Kier molecular flexibility index (Phi) is 5.77. The van der Waals surface area contributed by atoms with Gasteiger partial charge in [0.15, 0.2) is 5.69 Å². The van der Waals surface area contributed by atoms with Gasteiger partial charge in [-0.1, -0.05) is 133 Å². The Labute approximate surface area is 298 Å². The van der Waals surface area contributed by atoms with Crippen LogP contribution in [-0.2, 0) is 0 Å². The first-order valence-corrected chi connectivity index (χ1v) is 17.4. The predicted molar refractivity (Wildman–Crippen MR) is 216 cm³/mol. The van der Waals surface area contributed by atoms with Crippen molar-refractivity contribution in [2.24, 2.45) is 0 Å². The van der Waals surface area contributed by atoms with Gasteiger partial charge in [-0.15, -0.1) is 0 Å². The molecule has 0 atom stereocenters. The van der Waals surface area contributed by atoms with Crippen LogP contribution in [0.2, 0.25) is 0 Å². The van der Waals surface area contributed by atoms with E-state index < -0.39 is 0 Å². The van der Waals surface area contributed by atoms with Crippen LogP contribution in [0, 0.1) is 17.9 Å². The molecule has 0 fully saturated rings. The molecule has 2 aromatic heterocycles. The number of para-hydroxylation sites is 2. The lowest BCUT2D eigenvalue weighted by molar-refractivity contribution is 1.09. The number of benzene rings is 9. The second kappa shape index (κ2) is 10.6. The lowest BCUT2D eigenvalue weighted by Gasteiger charge is -2.20. The molecule has 0 aliphatic carbocycles. The molecule has 52 heavy (non-hydrogen) atoms.